The van der Waals surface area contributed by atoms with Crippen molar-refractivity contribution >= 4 is 17.5 Å². The molecule has 0 bridgehead atoms. The minimum atomic E-state index is -0.349. The second-order valence-corrected chi connectivity index (χ2v) is 6.03. The Morgan fingerprint density at radius 2 is 2.20 bits per heavy atom. The number of ether oxygens (including phenoxy) is 2. The Kier molecular flexibility index (Phi) is 5.80. The highest BCUT2D eigenvalue weighted by Gasteiger charge is 2.16. The third kappa shape index (κ3) is 4.88. The number of aromatic nitrogens is 2. The fourth-order valence-corrected chi connectivity index (χ4v) is 2.63. The first-order valence-electron chi connectivity index (χ1n) is 7.92. The molecule has 2 aromatic rings. The number of rotatable bonds is 5. The summed E-state index contributed by atoms with van der Waals surface area (Å²) in [5.74, 6) is -0.313. The van der Waals surface area contributed by atoms with E-state index in [9.17, 15) is 9.59 Å². The molecule has 0 aliphatic carbocycles. The Labute approximate surface area is 149 Å². The van der Waals surface area contributed by atoms with E-state index in [-0.39, 0.29) is 24.1 Å². The van der Waals surface area contributed by atoms with Crippen molar-refractivity contribution in [2.24, 2.45) is 0 Å². The van der Waals surface area contributed by atoms with E-state index >= 15 is 0 Å². The summed E-state index contributed by atoms with van der Waals surface area (Å²) in [6.45, 7) is 1.70. The van der Waals surface area contributed by atoms with Gasteiger partial charge in [0.05, 0.1) is 31.6 Å². The highest BCUT2D eigenvalue weighted by molar-refractivity contribution is 6.30. The summed E-state index contributed by atoms with van der Waals surface area (Å²) in [6.07, 6.45) is -0.167. The normalized spacial score (nSPS) is 17.2. The number of halogens is 1. The molecule has 1 aromatic carbocycles. The monoisotopic (exact) mass is 363 g/mol. The van der Waals surface area contributed by atoms with Gasteiger partial charge in [0.1, 0.15) is 6.54 Å². The summed E-state index contributed by atoms with van der Waals surface area (Å²) < 4.78 is 11.9. The van der Waals surface area contributed by atoms with Crippen molar-refractivity contribution in [3.63, 3.8) is 0 Å². The maximum absolute atomic E-state index is 12.1. The summed E-state index contributed by atoms with van der Waals surface area (Å²) in [4.78, 5) is 24.0. The molecule has 1 saturated heterocycles. The zero-order valence-electron chi connectivity index (χ0n) is 13.5. The summed E-state index contributed by atoms with van der Waals surface area (Å²) in [5.41, 5.74) is 0.992. The largest absolute Gasteiger partial charge is 0.376 e. The van der Waals surface area contributed by atoms with Gasteiger partial charge in [0, 0.05) is 23.2 Å². The number of carbonyl (C=O) groups excluding carboxylic acids is 1. The molecular weight excluding hydrogens is 346 g/mol. The SMILES string of the molecule is O=C(Cn1nc(-c2cccc(Cl)c2)ccc1=O)NC[C@H]1COCCO1. The van der Waals surface area contributed by atoms with Crippen molar-refractivity contribution in [1.29, 1.82) is 0 Å². The average molecular weight is 364 g/mol. The van der Waals surface area contributed by atoms with Crippen LogP contribution in [0.5, 0.6) is 0 Å². The lowest BCUT2D eigenvalue weighted by molar-refractivity contribution is -0.124. The zero-order chi connectivity index (χ0) is 17.6. The van der Waals surface area contributed by atoms with E-state index in [1.54, 1.807) is 24.3 Å². The van der Waals surface area contributed by atoms with E-state index in [1.165, 1.54) is 6.07 Å². The molecule has 1 N–H and O–H groups in total. The van der Waals surface area contributed by atoms with E-state index in [0.29, 0.717) is 37.1 Å². The molecule has 3 rings (SSSR count). The Morgan fingerprint density at radius 1 is 1.32 bits per heavy atom. The van der Waals surface area contributed by atoms with E-state index < -0.39 is 0 Å². The summed E-state index contributed by atoms with van der Waals surface area (Å²) in [5, 5.41) is 7.55. The van der Waals surface area contributed by atoms with E-state index in [2.05, 4.69) is 10.4 Å². The van der Waals surface area contributed by atoms with Crippen molar-refractivity contribution in [1.82, 2.24) is 15.1 Å². The molecule has 0 saturated carbocycles. The lowest BCUT2D eigenvalue weighted by Gasteiger charge is -2.23. The molecule has 1 aliphatic heterocycles. The minimum absolute atomic E-state index is 0.166. The number of carbonyl (C=O) groups is 1. The van der Waals surface area contributed by atoms with Crippen molar-refractivity contribution in [3.05, 3.63) is 51.8 Å². The van der Waals surface area contributed by atoms with Crippen LogP contribution in [0.3, 0.4) is 0 Å². The fraction of sp³-hybridized carbons (Fsp3) is 0.353. The third-order valence-electron chi connectivity index (χ3n) is 3.69. The number of benzene rings is 1. The number of hydrogen-bond acceptors (Lipinski definition) is 5. The highest BCUT2D eigenvalue weighted by atomic mass is 35.5. The zero-order valence-corrected chi connectivity index (χ0v) is 14.2. The summed E-state index contributed by atoms with van der Waals surface area (Å²) in [6, 6.07) is 10.1. The molecule has 1 aliphatic rings. The van der Waals surface area contributed by atoms with Gasteiger partial charge in [-0.1, -0.05) is 23.7 Å². The molecule has 1 aromatic heterocycles. The Hall–Kier alpha value is -2.22. The van der Waals surface area contributed by atoms with Gasteiger partial charge in [-0.25, -0.2) is 4.68 Å². The molecule has 1 fully saturated rings. The first-order chi connectivity index (χ1) is 12.1. The first kappa shape index (κ1) is 17.6. The van der Waals surface area contributed by atoms with Crippen molar-refractivity contribution in [2.75, 3.05) is 26.4 Å². The van der Waals surface area contributed by atoms with Crippen LogP contribution in [0, 0.1) is 0 Å². The molecule has 0 unspecified atom stereocenters. The lowest BCUT2D eigenvalue weighted by Crippen LogP contribution is -2.41. The maximum atomic E-state index is 12.1. The standard InChI is InChI=1S/C17H18ClN3O4/c18-13-3-1-2-12(8-13)15-4-5-17(23)21(20-15)10-16(22)19-9-14-11-24-6-7-25-14/h1-5,8,14H,6-7,9-11H2,(H,19,22)/t14-/m0/s1. The van der Waals surface area contributed by atoms with Gasteiger partial charge in [-0.05, 0) is 18.2 Å². The predicted octanol–water partition coefficient (Wildman–Crippen LogP) is 1.10. The van der Waals surface area contributed by atoms with Crippen molar-refractivity contribution in [2.45, 2.75) is 12.6 Å². The quantitative estimate of drug-likeness (QED) is 0.860. The van der Waals surface area contributed by atoms with Crippen molar-refractivity contribution in [3.8, 4) is 11.3 Å². The smallest absolute Gasteiger partial charge is 0.267 e. The average Bonchev–Trinajstić information content (AvgIpc) is 2.63. The minimum Gasteiger partial charge on any atom is -0.376 e. The van der Waals surface area contributed by atoms with Crippen LogP contribution in [0.2, 0.25) is 5.02 Å². The lowest BCUT2D eigenvalue weighted by atomic mass is 10.1. The van der Waals surface area contributed by atoms with Gasteiger partial charge in [-0.15, -0.1) is 0 Å². The molecule has 7 nitrogen and oxygen atoms in total. The van der Waals surface area contributed by atoms with Gasteiger partial charge in [-0.3, -0.25) is 9.59 Å². The molecule has 0 radical (unpaired) electrons. The van der Waals surface area contributed by atoms with Crippen LogP contribution < -0.4 is 10.9 Å². The summed E-state index contributed by atoms with van der Waals surface area (Å²) in [7, 11) is 0. The van der Waals surface area contributed by atoms with Crippen LogP contribution in [0.15, 0.2) is 41.2 Å². The molecule has 8 heteroatoms. The Morgan fingerprint density at radius 3 is 2.96 bits per heavy atom. The fourth-order valence-electron chi connectivity index (χ4n) is 2.44. The van der Waals surface area contributed by atoms with Crippen LogP contribution in [0.1, 0.15) is 0 Å². The van der Waals surface area contributed by atoms with Crippen LogP contribution >= 0.6 is 11.6 Å². The molecular formula is C17H18ClN3O4. The second kappa shape index (κ2) is 8.24. The third-order valence-corrected chi connectivity index (χ3v) is 3.93. The van der Waals surface area contributed by atoms with Gasteiger partial charge in [-0.2, -0.15) is 5.10 Å². The topological polar surface area (TPSA) is 82.5 Å². The van der Waals surface area contributed by atoms with Gasteiger partial charge in [0.2, 0.25) is 5.91 Å². The van der Waals surface area contributed by atoms with Gasteiger partial charge in [0.15, 0.2) is 0 Å². The summed E-state index contributed by atoms with van der Waals surface area (Å²) >= 11 is 5.98. The van der Waals surface area contributed by atoms with Crippen LogP contribution in [-0.2, 0) is 20.8 Å². The van der Waals surface area contributed by atoms with Gasteiger partial charge >= 0.3 is 0 Å². The van der Waals surface area contributed by atoms with E-state index in [1.807, 2.05) is 6.07 Å². The number of nitrogens with one attached hydrogen (secondary N) is 1. The predicted molar refractivity (Wildman–Crippen MR) is 92.5 cm³/mol. The van der Waals surface area contributed by atoms with Crippen LogP contribution in [0.25, 0.3) is 11.3 Å². The van der Waals surface area contributed by atoms with Crippen molar-refractivity contribution < 1.29 is 14.3 Å². The molecule has 1 atom stereocenters. The number of nitrogens with zero attached hydrogens (tertiary/aromatic N) is 2. The first-order valence-corrected chi connectivity index (χ1v) is 8.30. The second-order valence-electron chi connectivity index (χ2n) is 5.60. The Balaban J connectivity index is 1.66. The number of hydrogen-bond donors (Lipinski definition) is 1. The highest BCUT2D eigenvalue weighted by Crippen LogP contribution is 2.19. The molecule has 0 spiro atoms. The maximum Gasteiger partial charge on any atom is 0.267 e. The molecule has 132 valence electrons. The van der Waals surface area contributed by atoms with Crippen LogP contribution in [-0.4, -0.2) is 48.2 Å². The van der Waals surface area contributed by atoms with Gasteiger partial charge < -0.3 is 14.8 Å². The van der Waals surface area contributed by atoms with E-state index in [4.69, 9.17) is 21.1 Å². The Bertz CT molecular complexity index is 802. The van der Waals surface area contributed by atoms with Gasteiger partial charge in [0.25, 0.3) is 5.56 Å². The molecule has 25 heavy (non-hydrogen) atoms. The molecule has 1 amide bonds. The number of amides is 1. The van der Waals surface area contributed by atoms with E-state index in [0.717, 1.165) is 10.2 Å². The van der Waals surface area contributed by atoms with Crippen LogP contribution in [0.4, 0.5) is 0 Å². The molecule has 2 heterocycles.